The molecule has 1 aliphatic rings. The second kappa shape index (κ2) is 9.11. The lowest BCUT2D eigenvalue weighted by Crippen LogP contribution is -2.24. The molecule has 5 aromatic rings. The lowest BCUT2D eigenvalue weighted by Gasteiger charge is -2.21. The Morgan fingerprint density at radius 2 is 1.56 bits per heavy atom. The summed E-state index contributed by atoms with van der Waals surface area (Å²) in [6.07, 6.45) is 4.68. The lowest BCUT2D eigenvalue weighted by molar-refractivity contribution is 0.462. The molecule has 0 radical (unpaired) electrons. The highest BCUT2D eigenvalue weighted by atomic mass is 16.5. The molecule has 7 heteroatoms. The van der Waals surface area contributed by atoms with Gasteiger partial charge in [0.1, 0.15) is 18.4 Å². The van der Waals surface area contributed by atoms with E-state index in [-0.39, 0.29) is 0 Å². The summed E-state index contributed by atoms with van der Waals surface area (Å²) in [6.45, 7) is 2.84. The third-order valence-electron chi connectivity index (χ3n) is 6.23. The zero-order chi connectivity index (χ0) is 24.5. The van der Waals surface area contributed by atoms with E-state index in [2.05, 4.69) is 104 Å². The first-order chi connectivity index (χ1) is 17.6. The van der Waals surface area contributed by atoms with Gasteiger partial charge >= 0.3 is 0 Å². The molecule has 176 valence electrons. The van der Waals surface area contributed by atoms with Gasteiger partial charge in [-0.1, -0.05) is 42.0 Å². The molecule has 36 heavy (non-hydrogen) atoms. The number of aryl methyl sites for hydroxylation is 1. The molecule has 3 heterocycles. The molecular weight excluding hydrogens is 448 g/mol. The van der Waals surface area contributed by atoms with Crippen LogP contribution in [-0.2, 0) is 0 Å². The van der Waals surface area contributed by atoms with Crippen molar-refractivity contribution in [1.29, 1.82) is 0 Å². The van der Waals surface area contributed by atoms with Crippen molar-refractivity contribution in [3.05, 3.63) is 103 Å². The molecule has 0 atom stereocenters. The van der Waals surface area contributed by atoms with Crippen LogP contribution >= 0.6 is 0 Å². The molecule has 3 aromatic carbocycles. The van der Waals surface area contributed by atoms with E-state index in [4.69, 9.17) is 4.74 Å². The van der Waals surface area contributed by atoms with Gasteiger partial charge in [-0.25, -0.2) is 19.9 Å². The molecule has 2 aromatic heterocycles. The van der Waals surface area contributed by atoms with Crippen LogP contribution in [0.4, 0.5) is 17.1 Å². The van der Waals surface area contributed by atoms with Crippen LogP contribution in [0.15, 0.2) is 97.7 Å². The maximum atomic E-state index is 6.31. The Morgan fingerprint density at radius 1 is 0.750 bits per heavy atom. The van der Waals surface area contributed by atoms with Crippen molar-refractivity contribution in [1.82, 2.24) is 19.9 Å². The van der Waals surface area contributed by atoms with Crippen molar-refractivity contribution in [3.63, 3.8) is 0 Å². The molecule has 1 aliphatic heterocycles. The Hall–Kier alpha value is -4.78. The van der Waals surface area contributed by atoms with Gasteiger partial charge in [-0.3, -0.25) is 0 Å². The number of hydrogen-bond donors (Lipinski definition) is 0. The van der Waals surface area contributed by atoms with Gasteiger partial charge in [0.15, 0.2) is 0 Å². The number of ether oxygens (including phenoxy) is 1. The van der Waals surface area contributed by atoms with Crippen molar-refractivity contribution in [2.45, 2.75) is 6.92 Å². The van der Waals surface area contributed by atoms with E-state index in [0.29, 0.717) is 23.0 Å². The highest BCUT2D eigenvalue weighted by molar-refractivity contribution is 5.84. The summed E-state index contributed by atoms with van der Waals surface area (Å²) in [5.74, 6) is 1.15. The summed E-state index contributed by atoms with van der Waals surface area (Å²) in [5.41, 5.74) is 8.21. The Labute approximate surface area is 209 Å². The van der Waals surface area contributed by atoms with Crippen molar-refractivity contribution in [2.24, 2.45) is 0 Å². The maximum Gasteiger partial charge on any atom is 0.222 e. The van der Waals surface area contributed by atoms with E-state index in [0.717, 1.165) is 23.5 Å². The van der Waals surface area contributed by atoms with Crippen molar-refractivity contribution >= 4 is 17.1 Å². The van der Waals surface area contributed by atoms with Gasteiger partial charge in [-0.2, -0.15) is 0 Å². The summed E-state index contributed by atoms with van der Waals surface area (Å²) in [6, 6.07) is 26.9. The molecule has 0 spiro atoms. The molecule has 0 N–H and O–H groups in total. The third-order valence-corrected chi connectivity index (χ3v) is 6.23. The topological polar surface area (TPSA) is 67.3 Å². The predicted octanol–water partition coefficient (Wildman–Crippen LogP) is 6.25. The average molecular weight is 473 g/mol. The standard InChI is InChI=1S/C29H24N6O/c1-20-7-9-21(10-8-20)22-13-23(35-19-34(2)27-5-3-4-6-28(27)35)15-24(14-22)36-29-16-26(32-18-33-29)25-11-12-30-17-31-25/h3-18H,19H2,1-2H3. The van der Waals surface area contributed by atoms with Crippen LogP contribution in [-0.4, -0.2) is 33.7 Å². The Bertz CT molecular complexity index is 1520. The van der Waals surface area contributed by atoms with Gasteiger partial charge in [0, 0.05) is 31.1 Å². The minimum Gasteiger partial charge on any atom is -0.439 e. The second-order valence-electron chi connectivity index (χ2n) is 8.78. The van der Waals surface area contributed by atoms with Crippen LogP contribution < -0.4 is 14.5 Å². The number of hydrogen-bond acceptors (Lipinski definition) is 7. The zero-order valence-corrected chi connectivity index (χ0v) is 20.0. The monoisotopic (exact) mass is 472 g/mol. The first kappa shape index (κ1) is 21.7. The second-order valence-corrected chi connectivity index (χ2v) is 8.78. The summed E-state index contributed by atoms with van der Waals surface area (Å²) in [5, 5.41) is 0. The smallest absolute Gasteiger partial charge is 0.222 e. The summed E-state index contributed by atoms with van der Waals surface area (Å²) >= 11 is 0. The first-order valence-corrected chi connectivity index (χ1v) is 11.7. The maximum absolute atomic E-state index is 6.31. The number of fused-ring (bicyclic) bond motifs is 1. The fourth-order valence-corrected chi connectivity index (χ4v) is 4.41. The fraction of sp³-hybridized carbons (Fsp3) is 0.103. The van der Waals surface area contributed by atoms with E-state index in [1.807, 2.05) is 12.1 Å². The summed E-state index contributed by atoms with van der Waals surface area (Å²) < 4.78 is 6.31. The van der Waals surface area contributed by atoms with Gasteiger partial charge in [0.25, 0.3) is 0 Å². The van der Waals surface area contributed by atoms with Crippen molar-refractivity contribution < 1.29 is 4.74 Å². The largest absolute Gasteiger partial charge is 0.439 e. The summed E-state index contributed by atoms with van der Waals surface area (Å²) in [4.78, 5) is 21.5. The van der Waals surface area contributed by atoms with E-state index >= 15 is 0 Å². The highest BCUT2D eigenvalue weighted by Crippen LogP contribution is 2.42. The van der Waals surface area contributed by atoms with Gasteiger partial charge in [0.2, 0.25) is 5.88 Å². The number of nitrogens with zero attached hydrogens (tertiary/aromatic N) is 6. The van der Waals surface area contributed by atoms with Gasteiger partial charge in [0.05, 0.1) is 29.4 Å². The fourth-order valence-electron chi connectivity index (χ4n) is 4.41. The van der Waals surface area contributed by atoms with Crippen LogP contribution in [0, 0.1) is 6.92 Å². The lowest BCUT2D eigenvalue weighted by atomic mass is 10.0. The van der Waals surface area contributed by atoms with E-state index < -0.39 is 0 Å². The molecule has 7 nitrogen and oxygen atoms in total. The average Bonchev–Trinajstić information content (AvgIpc) is 3.26. The third kappa shape index (κ3) is 4.22. The molecule has 0 unspecified atom stereocenters. The molecule has 0 aliphatic carbocycles. The van der Waals surface area contributed by atoms with Crippen LogP contribution in [0.25, 0.3) is 22.5 Å². The molecule has 0 bridgehead atoms. The Balaban J connectivity index is 1.41. The molecular formula is C29H24N6O. The number of rotatable bonds is 5. The van der Waals surface area contributed by atoms with Crippen LogP contribution in [0.2, 0.25) is 0 Å². The highest BCUT2D eigenvalue weighted by Gasteiger charge is 2.25. The van der Waals surface area contributed by atoms with Crippen LogP contribution in [0.3, 0.4) is 0 Å². The minimum atomic E-state index is 0.449. The van der Waals surface area contributed by atoms with Gasteiger partial charge < -0.3 is 14.5 Å². The Morgan fingerprint density at radius 3 is 2.36 bits per heavy atom. The quantitative estimate of drug-likeness (QED) is 0.300. The first-order valence-electron chi connectivity index (χ1n) is 11.7. The minimum absolute atomic E-state index is 0.449. The zero-order valence-electron chi connectivity index (χ0n) is 20.0. The summed E-state index contributed by atoms with van der Waals surface area (Å²) in [7, 11) is 2.11. The predicted molar refractivity (Wildman–Crippen MR) is 142 cm³/mol. The van der Waals surface area contributed by atoms with Crippen molar-refractivity contribution in [3.8, 4) is 34.1 Å². The van der Waals surface area contributed by atoms with Crippen molar-refractivity contribution in [2.75, 3.05) is 23.5 Å². The molecule has 0 saturated heterocycles. The van der Waals surface area contributed by atoms with Gasteiger partial charge in [-0.15, -0.1) is 0 Å². The van der Waals surface area contributed by atoms with E-state index in [9.17, 15) is 0 Å². The van der Waals surface area contributed by atoms with E-state index in [1.165, 1.54) is 29.6 Å². The normalized spacial score (nSPS) is 12.5. The number of aromatic nitrogens is 4. The van der Waals surface area contributed by atoms with Crippen LogP contribution in [0.5, 0.6) is 11.6 Å². The number of benzene rings is 3. The number of para-hydroxylation sites is 2. The molecule has 0 fully saturated rings. The molecule has 0 amide bonds. The molecule has 6 rings (SSSR count). The van der Waals surface area contributed by atoms with Gasteiger partial charge in [-0.05, 0) is 48.4 Å². The van der Waals surface area contributed by atoms with E-state index in [1.54, 1.807) is 12.3 Å². The SMILES string of the molecule is Cc1ccc(-c2cc(Oc3cc(-c4ccncn4)ncn3)cc(N3CN(C)c4ccccc43)c2)cc1. The Kier molecular flexibility index (Phi) is 5.50. The van der Waals surface area contributed by atoms with Crippen LogP contribution in [0.1, 0.15) is 5.56 Å². The molecule has 0 saturated carbocycles. The number of anilines is 3.